The molecular formula is C53H32N4S. The first-order chi connectivity index (χ1) is 28.7. The van der Waals surface area contributed by atoms with Gasteiger partial charge in [0.1, 0.15) is 0 Å². The van der Waals surface area contributed by atoms with Crippen molar-refractivity contribution in [2.24, 2.45) is 0 Å². The van der Waals surface area contributed by atoms with Gasteiger partial charge in [0.2, 0.25) is 0 Å². The molecule has 9 aromatic carbocycles. The van der Waals surface area contributed by atoms with Gasteiger partial charge >= 0.3 is 0 Å². The van der Waals surface area contributed by atoms with E-state index in [-0.39, 0.29) is 0 Å². The second kappa shape index (κ2) is 13.1. The summed E-state index contributed by atoms with van der Waals surface area (Å²) in [4.78, 5) is 15.3. The minimum Gasteiger partial charge on any atom is -0.308 e. The monoisotopic (exact) mass is 756 g/mol. The molecule has 0 atom stereocenters. The maximum Gasteiger partial charge on any atom is 0.164 e. The Bertz CT molecular complexity index is 3510. The van der Waals surface area contributed by atoms with Crippen LogP contribution >= 0.6 is 11.3 Å². The van der Waals surface area contributed by atoms with Crippen molar-refractivity contribution in [2.75, 3.05) is 0 Å². The molecule has 0 aliphatic rings. The highest BCUT2D eigenvalue weighted by Crippen LogP contribution is 2.43. The van der Waals surface area contributed by atoms with Crippen molar-refractivity contribution in [3.05, 3.63) is 194 Å². The zero-order chi connectivity index (χ0) is 38.2. The Labute approximate surface area is 338 Å². The fourth-order valence-electron chi connectivity index (χ4n) is 8.65. The average Bonchev–Trinajstić information content (AvgIpc) is 3.83. The third-order valence-electron chi connectivity index (χ3n) is 11.4. The van der Waals surface area contributed by atoms with Gasteiger partial charge in [-0.2, -0.15) is 0 Å². The van der Waals surface area contributed by atoms with Crippen molar-refractivity contribution < 1.29 is 0 Å². The highest BCUT2D eigenvalue weighted by atomic mass is 32.1. The Morgan fingerprint density at radius 2 is 0.931 bits per heavy atom. The lowest BCUT2D eigenvalue weighted by atomic mass is 9.98. The maximum atomic E-state index is 5.16. The lowest BCUT2D eigenvalue weighted by molar-refractivity contribution is 1.07. The molecule has 4 nitrogen and oxygen atoms in total. The van der Waals surface area contributed by atoms with Gasteiger partial charge in [0.15, 0.2) is 17.5 Å². The molecule has 12 rings (SSSR count). The first-order valence-corrected chi connectivity index (χ1v) is 20.3. The van der Waals surface area contributed by atoms with Crippen LogP contribution < -0.4 is 0 Å². The van der Waals surface area contributed by atoms with Crippen LogP contribution in [0, 0.1) is 0 Å². The average molecular weight is 757 g/mol. The molecule has 270 valence electrons. The van der Waals surface area contributed by atoms with E-state index in [1.165, 1.54) is 63.5 Å². The van der Waals surface area contributed by atoms with Gasteiger partial charge in [0.05, 0.1) is 16.7 Å². The quantitative estimate of drug-likeness (QED) is 0.176. The summed E-state index contributed by atoms with van der Waals surface area (Å²) in [5, 5.41) is 9.84. The van der Waals surface area contributed by atoms with E-state index in [4.69, 9.17) is 15.0 Å². The zero-order valence-corrected chi connectivity index (χ0v) is 32.0. The molecule has 5 heteroatoms. The summed E-state index contributed by atoms with van der Waals surface area (Å²) in [7, 11) is 0. The van der Waals surface area contributed by atoms with Crippen molar-refractivity contribution in [1.82, 2.24) is 19.5 Å². The number of nitrogens with zero attached hydrogens (tertiary/aromatic N) is 4. The molecule has 0 unspecified atom stereocenters. The van der Waals surface area contributed by atoms with E-state index in [1.54, 1.807) is 0 Å². The van der Waals surface area contributed by atoms with E-state index < -0.39 is 0 Å². The van der Waals surface area contributed by atoms with Crippen LogP contribution in [-0.4, -0.2) is 19.5 Å². The van der Waals surface area contributed by atoms with E-state index in [0.29, 0.717) is 17.5 Å². The van der Waals surface area contributed by atoms with Crippen molar-refractivity contribution in [3.63, 3.8) is 0 Å². The number of fused-ring (bicyclic) bond motifs is 9. The molecule has 0 saturated heterocycles. The molecule has 0 aliphatic heterocycles. The summed E-state index contributed by atoms with van der Waals surface area (Å²) in [6.45, 7) is 0. The molecule has 3 heterocycles. The van der Waals surface area contributed by atoms with E-state index in [1.807, 2.05) is 47.7 Å². The number of hydrogen-bond donors (Lipinski definition) is 0. The molecule has 0 aliphatic carbocycles. The highest BCUT2D eigenvalue weighted by Gasteiger charge is 2.21. The molecule has 3 aromatic heterocycles. The topological polar surface area (TPSA) is 43.6 Å². The molecule has 0 fully saturated rings. The number of aromatic nitrogens is 4. The van der Waals surface area contributed by atoms with Gasteiger partial charge in [-0.3, -0.25) is 0 Å². The molecule has 0 radical (unpaired) electrons. The van der Waals surface area contributed by atoms with Gasteiger partial charge in [-0.15, -0.1) is 11.3 Å². The van der Waals surface area contributed by atoms with Crippen LogP contribution in [0.25, 0.3) is 115 Å². The molecule has 0 saturated carbocycles. The van der Waals surface area contributed by atoms with Gasteiger partial charge in [-0.1, -0.05) is 146 Å². The van der Waals surface area contributed by atoms with Crippen molar-refractivity contribution in [3.8, 4) is 51.0 Å². The lowest BCUT2D eigenvalue weighted by Crippen LogP contribution is -2.02. The van der Waals surface area contributed by atoms with Gasteiger partial charge in [0, 0.05) is 58.6 Å². The molecule has 58 heavy (non-hydrogen) atoms. The van der Waals surface area contributed by atoms with Gasteiger partial charge in [0.25, 0.3) is 0 Å². The summed E-state index contributed by atoms with van der Waals surface area (Å²) >= 11 is 1.84. The third kappa shape index (κ3) is 5.25. The Morgan fingerprint density at radius 3 is 1.67 bits per heavy atom. The smallest absolute Gasteiger partial charge is 0.164 e. The SMILES string of the molecule is c1ccc(-c2nc(-c3ccccc3)nc(-c3ccc(-n4c5cc6ccccc6cc5c5ccc6ccccc6c54)c(-c4ccc5sc6ccccc6c5c4)c3)n2)cc1. The van der Waals surface area contributed by atoms with Gasteiger partial charge in [-0.05, 0) is 70.3 Å². The second-order valence-corrected chi connectivity index (χ2v) is 15.9. The van der Waals surface area contributed by atoms with E-state index in [9.17, 15) is 0 Å². The Morgan fingerprint density at radius 1 is 0.345 bits per heavy atom. The zero-order valence-electron chi connectivity index (χ0n) is 31.2. The summed E-state index contributed by atoms with van der Waals surface area (Å²) in [5.41, 5.74) is 8.48. The Hall–Kier alpha value is -7.47. The molecule has 0 spiro atoms. The first-order valence-electron chi connectivity index (χ1n) is 19.5. The summed E-state index contributed by atoms with van der Waals surface area (Å²) in [6.07, 6.45) is 0. The van der Waals surface area contributed by atoms with Crippen LogP contribution in [-0.2, 0) is 0 Å². The van der Waals surface area contributed by atoms with Crippen LogP contribution in [0.5, 0.6) is 0 Å². The van der Waals surface area contributed by atoms with E-state index >= 15 is 0 Å². The fraction of sp³-hybridized carbons (Fsp3) is 0. The molecule has 0 amide bonds. The van der Waals surface area contributed by atoms with Gasteiger partial charge in [-0.25, -0.2) is 15.0 Å². The van der Waals surface area contributed by atoms with Crippen LogP contribution in [0.3, 0.4) is 0 Å². The Kier molecular flexibility index (Phi) is 7.37. The molecule has 0 N–H and O–H groups in total. The van der Waals surface area contributed by atoms with Crippen molar-refractivity contribution in [2.45, 2.75) is 0 Å². The van der Waals surface area contributed by atoms with Crippen molar-refractivity contribution in [1.29, 1.82) is 0 Å². The Balaban J connectivity index is 1.18. The van der Waals surface area contributed by atoms with Crippen molar-refractivity contribution >= 4 is 74.9 Å². The molecular weight excluding hydrogens is 725 g/mol. The summed E-state index contributed by atoms with van der Waals surface area (Å²) in [5.74, 6) is 1.91. The summed E-state index contributed by atoms with van der Waals surface area (Å²) < 4.78 is 5.05. The first kappa shape index (κ1) is 32.7. The predicted molar refractivity (Wildman–Crippen MR) is 244 cm³/mol. The van der Waals surface area contributed by atoms with Crippen LogP contribution in [0.4, 0.5) is 0 Å². The largest absolute Gasteiger partial charge is 0.308 e. The van der Waals surface area contributed by atoms with E-state index in [0.717, 1.165) is 33.5 Å². The lowest BCUT2D eigenvalue weighted by Gasteiger charge is -2.17. The number of hydrogen-bond acceptors (Lipinski definition) is 4. The third-order valence-corrected chi connectivity index (χ3v) is 12.6. The fourth-order valence-corrected chi connectivity index (χ4v) is 9.73. The van der Waals surface area contributed by atoms with E-state index in [2.05, 4.69) is 162 Å². The van der Waals surface area contributed by atoms with Gasteiger partial charge < -0.3 is 4.57 Å². The number of rotatable bonds is 5. The highest BCUT2D eigenvalue weighted by molar-refractivity contribution is 7.25. The number of thiophene rings is 1. The van der Waals surface area contributed by atoms with Crippen LogP contribution in [0.2, 0.25) is 0 Å². The maximum absolute atomic E-state index is 5.16. The second-order valence-electron chi connectivity index (χ2n) is 14.8. The normalized spacial score (nSPS) is 11.8. The van der Waals surface area contributed by atoms with Crippen LogP contribution in [0.1, 0.15) is 0 Å². The minimum atomic E-state index is 0.626. The molecule has 0 bridgehead atoms. The predicted octanol–water partition coefficient (Wildman–Crippen LogP) is 14.3. The standard InChI is InChI=1S/C53H32N4S/c1-3-14-34(15-4-1)51-54-52(35-16-5-2-6-17-35)56-53(55-51)39-24-27-46(43(31-39)38-25-28-49-45(30-38)41-21-11-12-22-48(41)58-49)57-47-32-37-19-8-7-18-36(37)29-44(47)42-26-23-33-13-9-10-20-40(33)50(42)57/h1-32H. The van der Waals surface area contributed by atoms with Crippen LogP contribution in [0.15, 0.2) is 194 Å². The number of benzene rings is 9. The molecule has 12 aromatic rings. The summed E-state index contributed by atoms with van der Waals surface area (Å²) in [6, 6.07) is 69.4. The minimum absolute atomic E-state index is 0.626.